The van der Waals surface area contributed by atoms with E-state index in [0.717, 1.165) is 37.3 Å². The molecule has 1 aliphatic rings. The second-order valence-electron chi connectivity index (χ2n) is 7.45. The molecule has 146 valence electrons. The smallest absolute Gasteiger partial charge is 0.256 e. The van der Waals surface area contributed by atoms with Gasteiger partial charge in [0.1, 0.15) is 0 Å². The number of aromatic nitrogens is 1. The van der Waals surface area contributed by atoms with E-state index in [1.54, 1.807) is 18.2 Å². The lowest BCUT2D eigenvalue weighted by Gasteiger charge is -2.32. The third-order valence-corrected chi connectivity index (χ3v) is 5.48. The first-order valence-corrected chi connectivity index (χ1v) is 9.67. The lowest BCUT2D eigenvalue weighted by molar-refractivity contribution is -0.132. The van der Waals surface area contributed by atoms with Crippen molar-refractivity contribution in [2.45, 2.75) is 6.42 Å². The van der Waals surface area contributed by atoms with Crippen LogP contribution in [0, 0.1) is 11.3 Å². The number of benzene rings is 2. The SMILES string of the molecule is CN1CCN(C(=O)Cc2ccc(-c3cc4c(C#N)cccc4c(=O)[nH]3)cc2)CC1. The van der Waals surface area contributed by atoms with E-state index in [2.05, 4.69) is 23.0 Å². The minimum absolute atomic E-state index is 0.142. The van der Waals surface area contributed by atoms with Crippen LogP contribution < -0.4 is 5.56 Å². The molecule has 1 aliphatic heterocycles. The summed E-state index contributed by atoms with van der Waals surface area (Å²) in [5.41, 5.74) is 2.70. The summed E-state index contributed by atoms with van der Waals surface area (Å²) in [5.74, 6) is 0.142. The van der Waals surface area contributed by atoms with Crippen molar-refractivity contribution in [2.24, 2.45) is 0 Å². The van der Waals surface area contributed by atoms with Crippen LogP contribution in [-0.2, 0) is 11.2 Å². The molecule has 2 aromatic carbocycles. The first-order chi connectivity index (χ1) is 14.0. The Morgan fingerprint density at radius 2 is 1.79 bits per heavy atom. The Kier molecular flexibility index (Phi) is 5.15. The van der Waals surface area contributed by atoms with E-state index in [0.29, 0.717) is 28.5 Å². The molecule has 1 amide bonds. The number of likely N-dealkylation sites (N-methyl/N-ethyl adjacent to an activating group) is 1. The molecule has 1 fully saturated rings. The molecule has 0 aliphatic carbocycles. The Bertz CT molecular complexity index is 1150. The highest BCUT2D eigenvalue weighted by Crippen LogP contribution is 2.23. The van der Waals surface area contributed by atoms with Crippen LogP contribution in [0.2, 0.25) is 0 Å². The van der Waals surface area contributed by atoms with Crippen LogP contribution in [0.3, 0.4) is 0 Å². The molecule has 1 saturated heterocycles. The summed E-state index contributed by atoms with van der Waals surface area (Å²) < 4.78 is 0. The van der Waals surface area contributed by atoms with E-state index in [9.17, 15) is 14.9 Å². The molecule has 1 aromatic heterocycles. The van der Waals surface area contributed by atoms with Gasteiger partial charge in [-0.05, 0) is 36.4 Å². The van der Waals surface area contributed by atoms with Gasteiger partial charge in [0, 0.05) is 42.6 Å². The average molecular weight is 386 g/mol. The molecule has 0 radical (unpaired) electrons. The van der Waals surface area contributed by atoms with Crippen molar-refractivity contribution >= 4 is 16.7 Å². The van der Waals surface area contributed by atoms with Gasteiger partial charge in [0.15, 0.2) is 0 Å². The molecule has 1 N–H and O–H groups in total. The molecular formula is C23H22N4O2. The minimum atomic E-state index is -0.219. The summed E-state index contributed by atoms with van der Waals surface area (Å²) in [4.78, 5) is 32.0. The Hall–Kier alpha value is -3.43. The number of piperazine rings is 1. The van der Waals surface area contributed by atoms with Gasteiger partial charge >= 0.3 is 0 Å². The highest BCUT2D eigenvalue weighted by Gasteiger charge is 2.19. The van der Waals surface area contributed by atoms with Crippen molar-refractivity contribution in [3.63, 3.8) is 0 Å². The van der Waals surface area contributed by atoms with Crippen molar-refractivity contribution in [3.05, 3.63) is 70.0 Å². The zero-order chi connectivity index (χ0) is 20.4. The second-order valence-corrected chi connectivity index (χ2v) is 7.45. The zero-order valence-corrected chi connectivity index (χ0v) is 16.3. The Balaban J connectivity index is 1.56. The maximum atomic E-state index is 12.5. The van der Waals surface area contributed by atoms with Gasteiger partial charge in [0.2, 0.25) is 5.91 Å². The highest BCUT2D eigenvalue weighted by atomic mass is 16.2. The second kappa shape index (κ2) is 7.90. The summed E-state index contributed by atoms with van der Waals surface area (Å²) in [5, 5.41) is 10.5. The van der Waals surface area contributed by atoms with Crippen LogP contribution in [0.4, 0.5) is 0 Å². The zero-order valence-electron chi connectivity index (χ0n) is 16.3. The maximum absolute atomic E-state index is 12.5. The van der Waals surface area contributed by atoms with Crippen molar-refractivity contribution in [3.8, 4) is 17.3 Å². The van der Waals surface area contributed by atoms with Crippen molar-refractivity contribution in [2.75, 3.05) is 33.2 Å². The number of nitriles is 1. The van der Waals surface area contributed by atoms with Gasteiger partial charge in [-0.3, -0.25) is 9.59 Å². The fraction of sp³-hybridized carbons (Fsp3) is 0.261. The highest BCUT2D eigenvalue weighted by molar-refractivity contribution is 5.89. The number of carbonyl (C=O) groups is 1. The fourth-order valence-corrected chi connectivity index (χ4v) is 3.69. The molecule has 6 heteroatoms. The summed E-state index contributed by atoms with van der Waals surface area (Å²) in [6.07, 6.45) is 0.372. The topological polar surface area (TPSA) is 80.2 Å². The summed E-state index contributed by atoms with van der Waals surface area (Å²) >= 11 is 0. The van der Waals surface area contributed by atoms with E-state index in [1.807, 2.05) is 35.2 Å². The number of rotatable bonds is 3. The molecule has 6 nitrogen and oxygen atoms in total. The van der Waals surface area contributed by atoms with Crippen LogP contribution in [0.15, 0.2) is 53.3 Å². The van der Waals surface area contributed by atoms with Crippen molar-refractivity contribution in [1.82, 2.24) is 14.8 Å². The Morgan fingerprint density at radius 3 is 2.48 bits per heavy atom. The molecule has 0 atom stereocenters. The average Bonchev–Trinajstić information content (AvgIpc) is 2.74. The lowest BCUT2D eigenvalue weighted by Crippen LogP contribution is -2.47. The van der Waals surface area contributed by atoms with Gasteiger partial charge in [-0.2, -0.15) is 5.26 Å². The monoisotopic (exact) mass is 386 g/mol. The van der Waals surface area contributed by atoms with Gasteiger partial charge in [-0.1, -0.05) is 30.3 Å². The maximum Gasteiger partial charge on any atom is 0.256 e. The third kappa shape index (κ3) is 3.91. The van der Waals surface area contributed by atoms with E-state index < -0.39 is 0 Å². The van der Waals surface area contributed by atoms with Crippen LogP contribution in [0.1, 0.15) is 11.1 Å². The molecular weight excluding hydrogens is 364 g/mol. The van der Waals surface area contributed by atoms with Crippen LogP contribution in [-0.4, -0.2) is 53.9 Å². The number of pyridine rings is 1. The number of hydrogen-bond donors (Lipinski definition) is 1. The van der Waals surface area contributed by atoms with E-state index in [4.69, 9.17) is 0 Å². The number of amides is 1. The number of fused-ring (bicyclic) bond motifs is 1. The first kappa shape index (κ1) is 18.9. The van der Waals surface area contributed by atoms with Crippen molar-refractivity contribution in [1.29, 1.82) is 5.26 Å². The van der Waals surface area contributed by atoms with Gasteiger partial charge in [0.05, 0.1) is 18.1 Å². The predicted octanol–water partition coefficient (Wildman–Crippen LogP) is 2.38. The first-order valence-electron chi connectivity index (χ1n) is 9.67. The number of hydrogen-bond acceptors (Lipinski definition) is 4. The fourth-order valence-electron chi connectivity index (χ4n) is 3.69. The quantitative estimate of drug-likeness (QED) is 0.750. The minimum Gasteiger partial charge on any atom is -0.340 e. The molecule has 3 aromatic rings. The molecule has 29 heavy (non-hydrogen) atoms. The van der Waals surface area contributed by atoms with Gasteiger partial charge in [0.25, 0.3) is 5.56 Å². The molecule has 0 unspecified atom stereocenters. The molecule has 2 heterocycles. The van der Waals surface area contributed by atoms with Crippen LogP contribution in [0.25, 0.3) is 22.0 Å². The lowest BCUT2D eigenvalue weighted by atomic mass is 10.0. The molecule has 0 spiro atoms. The predicted molar refractivity (Wildman–Crippen MR) is 113 cm³/mol. The Morgan fingerprint density at radius 1 is 1.07 bits per heavy atom. The summed E-state index contributed by atoms with van der Waals surface area (Å²) in [7, 11) is 2.07. The molecule has 0 bridgehead atoms. The van der Waals surface area contributed by atoms with Crippen molar-refractivity contribution < 1.29 is 4.79 Å². The van der Waals surface area contributed by atoms with E-state index in [-0.39, 0.29) is 11.5 Å². The number of carbonyl (C=O) groups excluding carboxylic acids is 1. The Labute approximate surface area is 169 Å². The van der Waals surface area contributed by atoms with Gasteiger partial charge in [-0.25, -0.2) is 0 Å². The number of aromatic amines is 1. The standard InChI is InChI=1S/C23H22N4O2/c1-26-9-11-27(12-10-26)22(28)13-16-5-7-17(8-6-16)21-14-20-18(15-24)3-2-4-19(20)23(29)25-21/h2-8,14H,9-13H2,1H3,(H,25,29). The largest absolute Gasteiger partial charge is 0.340 e. The van der Waals surface area contributed by atoms with Crippen LogP contribution in [0.5, 0.6) is 0 Å². The summed E-state index contributed by atoms with van der Waals surface area (Å²) in [6, 6.07) is 16.7. The van der Waals surface area contributed by atoms with Crippen LogP contribution >= 0.6 is 0 Å². The molecule has 0 saturated carbocycles. The van der Waals surface area contributed by atoms with Gasteiger partial charge < -0.3 is 14.8 Å². The molecule has 4 rings (SSSR count). The normalized spacial score (nSPS) is 14.7. The number of nitrogens with zero attached hydrogens (tertiary/aromatic N) is 3. The van der Waals surface area contributed by atoms with Gasteiger partial charge in [-0.15, -0.1) is 0 Å². The number of nitrogens with one attached hydrogen (secondary N) is 1. The van der Waals surface area contributed by atoms with E-state index in [1.165, 1.54) is 0 Å². The van der Waals surface area contributed by atoms with E-state index >= 15 is 0 Å². The summed E-state index contributed by atoms with van der Waals surface area (Å²) in [6.45, 7) is 3.36. The third-order valence-electron chi connectivity index (χ3n) is 5.48. The number of H-pyrrole nitrogens is 1.